The van der Waals surface area contributed by atoms with Crippen molar-refractivity contribution in [3.8, 4) is 28.5 Å². The average Bonchev–Trinajstić information content (AvgIpc) is 3.46. The highest BCUT2D eigenvalue weighted by Crippen LogP contribution is 2.47. The lowest BCUT2D eigenvalue weighted by Gasteiger charge is -2.27. The summed E-state index contributed by atoms with van der Waals surface area (Å²) in [5.41, 5.74) is 7.18. The summed E-state index contributed by atoms with van der Waals surface area (Å²) in [5, 5.41) is 18.6. The standard InChI is InChI=1S/C32H35N3O4/c1-6-7-14-39-25-13-12-23(17-26(25)38-5)30-27-28(24-16-20(3)15-21(4)31(24)36)33-34-29(27)32(37)35(30)18-22-10-8-19(2)9-11-22/h8-13,15-17,30,36H,6-7,14,18H2,1-5H3,(H,33,34). The molecule has 1 aliphatic rings. The molecule has 2 heterocycles. The topological polar surface area (TPSA) is 87.7 Å². The van der Waals surface area contributed by atoms with Crippen LogP contribution in [0.2, 0.25) is 0 Å². The number of rotatable bonds is 9. The Morgan fingerprint density at radius 3 is 2.49 bits per heavy atom. The molecule has 1 amide bonds. The van der Waals surface area contributed by atoms with Gasteiger partial charge in [-0.05, 0) is 67.6 Å². The Hall–Kier alpha value is -4.26. The second-order valence-corrected chi connectivity index (χ2v) is 10.3. The number of nitrogens with zero attached hydrogens (tertiary/aromatic N) is 2. The molecule has 1 aliphatic heterocycles. The van der Waals surface area contributed by atoms with Crippen molar-refractivity contribution >= 4 is 5.91 Å². The molecule has 0 bridgehead atoms. The van der Waals surface area contributed by atoms with E-state index in [1.54, 1.807) is 7.11 Å². The van der Waals surface area contributed by atoms with E-state index in [2.05, 4.69) is 29.3 Å². The second-order valence-electron chi connectivity index (χ2n) is 10.3. The monoisotopic (exact) mass is 525 g/mol. The Kier molecular flexibility index (Phi) is 7.33. The molecule has 202 valence electrons. The van der Waals surface area contributed by atoms with Crippen molar-refractivity contribution in [1.29, 1.82) is 0 Å². The third-order valence-electron chi connectivity index (χ3n) is 7.30. The lowest BCUT2D eigenvalue weighted by atomic mass is 9.93. The van der Waals surface area contributed by atoms with Crippen LogP contribution in [0.4, 0.5) is 0 Å². The first-order chi connectivity index (χ1) is 18.8. The van der Waals surface area contributed by atoms with Crippen LogP contribution in [0.3, 0.4) is 0 Å². The molecule has 4 aromatic rings. The Morgan fingerprint density at radius 2 is 1.77 bits per heavy atom. The maximum absolute atomic E-state index is 13.8. The van der Waals surface area contributed by atoms with E-state index in [4.69, 9.17) is 9.47 Å². The minimum Gasteiger partial charge on any atom is -0.507 e. The number of amides is 1. The van der Waals surface area contributed by atoms with Crippen LogP contribution in [0, 0.1) is 20.8 Å². The number of aromatic nitrogens is 2. The van der Waals surface area contributed by atoms with Gasteiger partial charge in [-0.3, -0.25) is 9.89 Å². The Morgan fingerprint density at radius 1 is 1.00 bits per heavy atom. The van der Waals surface area contributed by atoms with E-state index < -0.39 is 6.04 Å². The predicted molar refractivity (Wildman–Crippen MR) is 151 cm³/mol. The van der Waals surface area contributed by atoms with E-state index in [-0.39, 0.29) is 11.7 Å². The number of hydrogen-bond donors (Lipinski definition) is 2. The number of methoxy groups -OCH3 is 1. The van der Waals surface area contributed by atoms with Crippen LogP contribution >= 0.6 is 0 Å². The first-order valence-corrected chi connectivity index (χ1v) is 13.4. The van der Waals surface area contributed by atoms with Gasteiger partial charge in [-0.25, -0.2) is 0 Å². The van der Waals surface area contributed by atoms with Gasteiger partial charge in [0.05, 0.1) is 19.8 Å². The number of benzene rings is 3. The van der Waals surface area contributed by atoms with Crippen molar-refractivity contribution < 1.29 is 19.4 Å². The fourth-order valence-corrected chi connectivity index (χ4v) is 5.24. The van der Waals surface area contributed by atoms with Crippen molar-refractivity contribution in [2.75, 3.05) is 13.7 Å². The number of unbranched alkanes of at least 4 members (excludes halogenated alkanes) is 1. The maximum atomic E-state index is 13.8. The first kappa shape index (κ1) is 26.4. The van der Waals surface area contributed by atoms with Gasteiger partial charge < -0.3 is 19.5 Å². The molecular formula is C32H35N3O4. The number of carbonyl (C=O) groups is 1. The summed E-state index contributed by atoms with van der Waals surface area (Å²) in [6, 6.07) is 17.4. The molecule has 1 unspecified atom stereocenters. The molecule has 0 aliphatic carbocycles. The largest absolute Gasteiger partial charge is 0.507 e. The van der Waals surface area contributed by atoms with Crippen LogP contribution in [0.25, 0.3) is 11.3 Å². The highest BCUT2D eigenvalue weighted by Gasteiger charge is 2.43. The molecule has 39 heavy (non-hydrogen) atoms. The zero-order chi connectivity index (χ0) is 27.7. The highest BCUT2D eigenvalue weighted by atomic mass is 16.5. The lowest BCUT2D eigenvalue weighted by Crippen LogP contribution is -2.29. The number of ether oxygens (including phenoxy) is 2. The molecule has 7 nitrogen and oxygen atoms in total. The first-order valence-electron chi connectivity index (χ1n) is 13.4. The van der Waals surface area contributed by atoms with E-state index in [0.717, 1.165) is 46.2 Å². The summed E-state index contributed by atoms with van der Waals surface area (Å²) in [4.78, 5) is 15.7. The zero-order valence-corrected chi connectivity index (χ0v) is 23.2. The van der Waals surface area contributed by atoms with Gasteiger partial charge in [-0.15, -0.1) is 0 Å². The summed E-state index contributed by atoms with van der Waals surface area (Å²) < 4.78 is 11.7. The number of carbonyl (C=O) groups excluding carboxylic acids is 1. The number of phenolic OH excluding ortho intramolecular Hbond substituents is 1. The molecular weight excluding hydrogens is 490 g/mol. The van der Waals surface area contributed by atoms with Crippen LogP contribution in [-0.2, 0) is 6.54 Å². The summed E-state index contributed by atoms with van der Waals surface area (Å²) in [6.45, 7) is 9.04. The second kappa shape index (κ2) is 10.8. The van der Waals surface area contributed by atoms with Gasteiger partial charge in [0.15, 0.2) is 11.5 Å². The number of fused-ring (bicyclic) bond motifs is 1. The molecule has 2 N–H and O–H groups in total. The molecule has 1 aromatic heterocycles. The van der Waals surface area contributed by atoms with Crippen molar-refractivity contribution in [2.24, 2.45) is 0 Å². The van der Waals surface area contributed by atoms with E-state index in [1.807, 2.05) is 68.1 Å². The van der Waals surface area contributed by atoms with E-state index >= 15 is 0 Å². The van der Waals surface area contributed by atoms with Crippen molar-refractivity contribution in [3.63, 3.8) is 0 Å². The number of H-pyrrole nitrogens is 1. The van der Waals surface area contributed by atoms with E-state index in [1.165, 1.54) is 0 Å². The molecule has 3 aromatic carbocycles. The molecule has 7 heteroatoms. The van der Waals surface area contributed by atoms with Crippen LogP contribution < -0.4 is 9.47 Å². The highest BCUT2D eigenvalue weighted by molar-refractivity contribution is 6.00. The van der Waals surface area contributed by atoms with Gasteiger partial charge in [0.1, 0.15) is 17.1 Å². The number of hydrogen-bond acceptors (Lipinski definition) is 5. The molecule has 0 fully saturated rings. The third-order valence-corrected chi connectivity index (χ3v) is 7.30. The maximum Gasteiger partial charge on any atom is 0.273 e. The molecule has 0 saturated carbocycles. The van der Waals surface area contributed by atoms with E-state index in [9.17, 15) is 9.90 Å². The summed E-state index contributed by atoms with van der Waals surface area (Å²) >= 11 is 0. The number of aromatic amines is 1. The molecule has 0 saturated heterocycles. The Balaban J connectivity index is 1.64. The van der Waals surface area contributed by atoms with Gasteiger partial charge in [-0.2, -0.15) is 5.10 Å². The average molecular weight is 526 g/mol. The molecule has 5 rings (SSSR count). The minimum atomic E-state index is -0.443. The zero-order valence-electron chi connectivity index (χ0n) is 23.2. The number of aryl methyl sites for hydroxylation is 3. The smallest absolute Gasteiger partial charge is 0.273 e. The SMILES string of the molecule is CCCCOc1ccc(C2c3c(-c4cc(C)cc(C)c4O)n[nH]c3C(=O)N2Cc2ccc(C)cc2)cc1OC. The fourth-order valence-electron chi connectivity index (χ4n) is 5.24. The van der Waals surface area contributed by atoms with Crippen molar-refractivity contribution in [2.45, 2.75) is 53.1 Å². The van der Waals surface area contributed by atoms with Crippen LogP contribution in [0.15, 0.2) is 54.6 Å². The van der Waals surface area contributed by atoms with Crippen LogP contribution in [0.1, 0.15) is 69.7 Å². The Bertz CT molecular complexity index is 1510. The molecule has 0 radical (unpaired) electrons. The number of aromatic hydroxyl groups is 1. The summed E-state index contributed by atoms with van der Waals surface area (Å²) in [5.74, 6) is 1.30. The molecule has 1 atom stereocenters. The van der Waals surface area contributed by atoms with E-state index in [0.29, 0.717) is 41.6 Å². The molecule has 0 spiro atoms. The van der Waals surface area contributed by atoms with Crippen LogP contribution in [-0.4, -0.2) is 39.8 Å². The number of nitrogens with one attached hydrogen (secondary N) is 1. The normalized spacial score (nSPS) is 14.5. The fraction of sp³-hybridized carbons (Fsp3) is 0.312. The van der Waals surface area contributed by atoms with Crippen molar-refractivity contribution in [3.05, 3.63) is 93.7 Å². The van der Waals surface area contributed by atoms with Gasteiger partial charge in [0.2, 0.25) is 0 Å². The van der Waals surface area contributed by atoms with Gasteiger partial charge in [0.25, 0.3) is 5.91 Å². The third kappa shape index (κ3) is 4.97. The lowest BCUT2D eigenvalue weighted by molar-refractivity contribution is 0.0730. The van der Waals surface area contributed by atoms with Gasteiger partial charge in [-0.1, -0.05) is 55.3 Å². The summed E-state index contributed by atoms with van der Waals surface area (Å²) in [7, 11) is 1.62. The quantitative estimate of drug-likeness (QED) is 0.239. The Labute approximate surface area is 229 Å². The summed E-state index contributed by atoms with van der Waals surface area (Å²) in [6.07, 6.45) is 1.99. The van der Waals surface area contributed by atoms with Gasteiger partial charge in [0, 0.05) is 17.7 Å². The minimum absolute atomic E-state index is 0.138. The number of phenols is 1. The van der Waals surface area contributed by atoms with Gasteiger partial charge >= 0.3 is 0 Å². The van der Waals surface area contributed by atoms with Crippen LogP contribution in [0.5, 0.6) is 17.2 Å². The van der Waals surface area contributed by atoms with Crippen molar-refractivity contribution in [1.82, 2.24) is 15.1 Å². The predicted octanol–water partition coefficient (Wildman–Crippen LogP) is 6.64.